The van der Waals surface area contributed by atoms with Gasteiger partial charge in [-0.2, -0.15) is 5.26 Å². The number of nitrogens with zero attached hydrogens (tertiary/aromatic N) is 3. The first-order chi connectivity index (χ1) is 16.1. The van der Waals surface area contributed by atoms with Crippen molar-refractivity contribution in [3.63, 3.8) is 0 Å². The molecular formula is C26H39N5O3. The molecular weight excluding hydrogens is 430 g/mol. The van der Waals surface area contributed by atoms with Gasteiger partial charge in [0.2, 0.25) is 5.91 Å². The summed E-state index contributed by atoms with van der Waals surface area (Å²) < 4.78 is 6.50. The molecule has 34 heavy (non-hydrogen) atoms. The van der Waals surface area contributed by atoms with Gasteiger partial charge in [0, 0.05) is 11.6 Å². The van der Waals surface area contributed by atoms with Crippen LogP contribution in [0.5, 0.6) is 0 Å². The normalized spacial score (nSPS) is 44.4. The summed E-state index contributed by atoms with van der Waals surface area (Å²) in [5, 5.41) is 13.0. The number of likely N-dealkylation sites (N-methyl/N-ethyl adjacent to an activating group) is 2. The summed E-state index contributed by atoms with van der Waals surface area (Å²) in [6, 6.07) is 1.28. The SMILES string of the molecule is CNC1([C@@H](C(=O)OC23CC4CC(C2)CC([C@H](N)C(=O)N2[C@H](C#N)C[C@@H]5C[C@@H]52)(C4)C3)N(C)C)CC1. The maximum absolute atomic E-state index is 13.7. The number of amides is 1. The summed E-state index contributed by atoms with van der Waals surface area (Å²) in [4.78, 5) is 31.1. The number of ether oxygens (including phenoxy) is 1. The van der Waals surface area contributed by atoms with Gasteiger partial charge in [0.1, 0.15) is 17.7 Å². The molecule has 3 N–H and O–H groups in total. The quantitative estimate of drug-likeness (QED) is 0.542. The second-order valence-electron chi connectivity index (χ2n) is 12.9. The molecule has 2 unspecified atom stereocenters. The van der Waals surface area contributed by atoms with Crippen LogP contribution in [0.4, 0.5) is 0 Å². The molecule has 7 rings (SSSR count). The Hall–Kier alpha value is -1.69. The minimum absolute atomic E-state index is 0.0433. The number of nitrogens with two attached hydrogens (primary N) is 1. The third kappa shape index (κ3) is 3.26. The molecule has 1 amide bonds. The molecule has 0 aromatic carbocycles. The highest BCUT2D eigenvalue weighted by Gasteiger charge is 2.65. The zero-order chi connectivity index (χ0) is 24.0. The fourth-order valence-electron chi connectivity index (χ4n) is 9.04. The standard InChI is InChI=1S/C26H39N5O3/c1-29-26(4-5-26)21(30(2)3)23(33)34-25-11-15-6-16(12-25)10-24(9-15,14-25)20(28)22(32)31-18(13-27)7-17-8-19(17)31/h15-21,29H,4-12,14,28H2,1-3H3/t15?,16?,17-,18+,19+,20-,21-,24?,25?/m1/s1. The molecule has 1 saturated heterocycles. The number of piperidine rings is 1. The molecule has 7 aliphatic rings. The van der Waals surface area contributed by atoms with Gasteiger partial charge in [-0.05, 0) is 109 Å². The number of carbonyl (C=O) groups is 2. The van der Waals surface area contributed by atoms with Crippen molar-refractivity contribution in [2.75, 3.05) is 21.1 Å². The Kier molecular flexibility index (Phi) is 4.96. The van der Waals surface area contributed by atoms with Crippen LogP contribution in [-0.4, -0.2) is 78.1 Å². The molecule has 4 bridgehead atoms. The number of likely N-dealkylation sites (tertiary alicyclic amines) is 1. The van der Waals surface area contributed by atoms with Gasteiger partial charge in [-0.15, -0.1) is 0 Å². The van der Waals surface area contributed by atoms with Gasteiger partial charge >= 0.3 is 5.97 Å². The van der Waals surface area contributed by atoms with Gasteiger partial charge in [0.15, 0.2) is 0 Å². The van der Waals surface area contributed by atoms with Crippen LogP contribution in [0, 0.1) is 34.5 Å². The Morgan fingerprint density at radius 3 is 2.38 bits per heavy atom. The first kappa shape index (κ1) is 22.8. The van der Waals surface area contributed by atoms with Crippen LogP contribution < -0.4 is 11.1 Å². The smallest absolute Gasteiger partial charge is 0.325 e. The zero-order valence-electron chi connectivity index (χ0n) is 20.8. The van der Waals surface area contributed by atoms with E-state index in [4.69, 9.17) is 10.5 Å². The summed E-state index contributed by atoms with van der Waals surface area (Å²) in [6.45, 7) is 0. The molecule has 7 fully saturated rings. The van der Waals surface area contributed by atoms with Gasteiger partial charge in [-0.1, -0.05) is 0 Å². The minimum atomic E-state index is -0.622. The average Bonchev–Trinajstić information content (AvgIpc) is 3.68. The number of nitriles is 1. The van der Waals surface area contributed by atoms with Crippen molar-refractivity contribution >= 4 is 11.9 Å². The largest absolute Gasteiger partial charge is 0.458 e. The number of hydrogen-bond donors (Lipinski definition) is 2. The average molecular weight is 470 g/mol. The van der Waals surface area contributed by atoms with Crippen molar-refractivity contribution in [2.45, 2.75) is 99.5 Å². The van der Waals surface area contributed by atoms with Crippen LogP contribution in [-0.2, 0) is 14.3 Å². The van der Waals surface area contributed by atoms with Gasteiger partial charge in [-0.25, -0.2) is 0 Å². The van der Waals surface area contributed by atoms with Gasteiger partial charge < -0.3 is 20.7 Å². The molecule has 7 atom stereocenters. The number of carbonyl (C=O) groups excluding carboxylic acids is 2. The Morgan fingerprint density at radius 1 is 1.15 bits per heavy atom. The van der Waals surface area contributed by atoms with E-state index in [0.717, 1.165) is 57.8 Å². The number of hydrogen-bond acceptors (Lipinski definition) is 7. The maximum atomic E-state index is 13.7. The van der Waals surface area contributed by atoms with Crippen molar-refractivity contribution in [3.05, 3.63) is 0 Å². The lowest BCUT2D eigenvalue weighted by molar-refractivity contribution is -0.210. The van der Waals surface area contributed by atoms with Gasteiger partial charge in [0.05, 0.1) is 12.1 Å². The van der Waals surface area contributed by atoms with E-state index in [1.165, 1.54) is 0 Å². The first-order valence-corrected chi connectivity index (χ1v) is 13.2. The molecule has 186 valence electrons. The van der Waals surface area contributed by atoms with Gasteiger partial charge in [-0.3, -0.25) is 14.5 Å². The van der Waals surface area contributed by atoms with Crippen LogP contribution in [0.1, 0.15) is 64.2 Å². The Labute approximate surface area is 202 Å². The van der Waals surface area contributed by atoms with E-state index in [2.05, 4.69) is 11.4 Å². The van der Waals surface area contributed by atoms with E-state index < -0.39 is 11.6 Å². The van der Waals surface area contributed by atoms with Crippen molar-refractivity contribution in [1.29, 1.82) is 5.26 Å². The highest BCUT2D eigenvalue weighted by atomic mass is 16.6. The Balaban J connectivity index is 1.24. The lowest BCUT2D eigenvalue weighted by Gasteiger charge is -2.62. The van der Waals surface area contributed by atoms with Crippen LogP contribution >= 0.6 is 0 Å². The van der Waals surface area contributed by atoms with Crippen molar-refractivity contribution in [1.82, 2.24) is 15.1 Å². The predicted octanol–water partition coefficient (Wildman–Crippen LogP) is 1.39. The van der Waals surface area contributed by atoms with Crippen LogP contribution in [0.25, 0.3) is 0 Å². The van der Waals surface area contributed by atoms with Crippen LogP contribution in [0.15, 0.2) is 0 Å². The molecule has 8 nitrogen and oxygen atoms in total. The topological polar surface area (TPSA) is 112 Å². The van der Waals surface area contributed by atoms with Crippen LogP contribution in [0.2, 0.25) is 0 Å². The lowest BCUT2D eigenvalue weighted by Crippen LogP contribution is -2.66. The van der Waals surface area contributed by atoms with E-state index in [1.807, 2.05) is 30.9 Å². The summed E-state index contributed by atoms with van der Waals surface area (Å²) >= 11 is 0. The molecule has 0 radical (unpaired) electrons. The zero-order valence-corrected chi connectivity index (χ0v) is 20.8. The van der Waals surface area contributed by atoms with E-state index in [1.54, 1.807) is 0 Å². The van der Waals surface area contributed by atoms with Crippen molar-refractivity contribution in [3.8, 4) is 6.07 Å². The van der Waals surface area contributed by atoms with Gasteiger partial charge in [0.25, 0.3) is 0 Å². The Bertz CT molecular complexity index is 925. The van der Waals surface area contributed by atoms with E-state index >= 15 is 0 Å². The van der Waals surface area contributed by atoms with E-state index in [9.17, 15) is 14.9 Å². The third-order valence-electron chi connectivity index (χ3n) is 10.4. The maximum Gasteiger partial charge on any atom is 0.325 e. The summed E-state index contributed by atoms with van der Waals surface area (Å²) in [5.41, 5.74) is 5.79. The molecule has 1 aliphatic heterocycles. The molecule has 0 spiro atoms. The first-order valence-electron chi connectivity index (χ1n) is 13.2. The second-order valence-corrected chi connectivity index (χ2v) is 12.9. The molecule has 6 saturated carbocycles. The number of fused-ring (bicyclic) bond motifs is 1. The lowest BCUT2D eigenvalue weighted by atomic mass is 9.46. The monoisotopic (exact) mass is 469 g/mol. The number of esters is 1. The summed E-state index contributed by atoms with van der Waals surface area (Å²) in [5.74, 6) is 1.19. The number of nitrogens with one attached hydrogen (secondary N) is 1. The minimum Gasteiger partial charge on any atom is -0.458 e. The fraction of sp³-hybridized carbons (Fsp3) is 0.885. The third-order valence-corrected chi connectivity index (χ3v) is 10.4. The highest BCUT2D eigenvalue weighted by molar-refractivity contribution is 5.84. The summed E-state index contributed by atoms with van der Waals surface area (Å²) in [7, 11) is 5.83. The van der Waals surface area contributed by atoms with Crippen LogP contribution in [0.3, 0.4) is 0 Å². The fourth-order valence-corrected chi connectivity index (χ4v) is 9.04. The predicted molar refractivity (Wildman–Crippen MR) is 125 cm³/mol. The highest BCUT2D eigenvalue weighted by Crippen LogP contribution is 2.64. The molecule has 1 heterocycles. The molecule has 0 aromatic rings. The van der Waals surface area contributed by atoms with Crippen molar-refractivity contribution in [2.24, 2.45) is 28.9 Å². The van der Waals surface area contributed by atoms with Crippen molar-refractivity contribution < 1.29 is 14.3 Å². The molecule has 0 aromatic heterocycles. The Morgan fingerprint density at radius 2 is 1.82 bits per heavy atom. The van der Waals surface area contributed by atoms with E-state index in [0.29, 0.717) is 24.2 Å². The molecule has 6 aliphatic carbocycles. The number of rotatable bonds is 7. The van der Waals surface area contributed by atoms with E-state index in [-0.39, 0.29) is 41.0 Å². The summed E-state index contributed by atoms with van der Waals surface area (Å²) in [6.07, 6.45) is 9.22. The molecule has 8 heteroatoms. The second kappa shape index (κ2) is 7.41.